The molecule has 18 heavy (non-hydrogen) atoms. The Morgan fingerprint density at radius 3 is 2.94 bits per heavy atom. The molecule has 2 heterocycles. The topological polar surface area (TPSA) is 93.8 Å². The summed E-state index contributed by atoms with van der Waals surface area (Å²) in [6.45, 7) is 0. The lowest BCUT2D eigenvalue weighted by Gasteiger charge is -2.02. The Balaban J connectivity index is 1.83. The van der Waals surface area contributed by atoms with Crippen LogP contribution in [0.5, 0.6) is 0 Å². The summed E-state index contributed by atoms with van der Waals surface area (Å²) < 4.78 is 0.659. The molecule has 9 heteroatoms. The van der Waals surface area contributed by atoms with E-state index in [1.165, 1.54) is 29.3 Å². The average Bonchev–Trinajstić information content (AvgIpc) is 2.76. The second kappa shape index (κ2) is 5.98. The number of anilines is 2. The Bertz CT molecular complexity index is 544. The summed E-state index contributed by atoms with van der Waals surface area (Å²) in [5.74, 6) is 0.504. The van der Waals surface area contributed by atoms with Crippen LogP contribution < -0.4 is 11.1 Å². The number of halogens is 1. The van der Waals surface area contributed by atoms with Crippen LogP contribution in [0.1, 0.15) is 0 Å². The van der Waals surface area contributed by atoms with Crippen molar-refractivity contribution in [3.05, 3.63) is 23.4 Å². The number of nitrogens with one attached hydrogen (secondary N) is 1. The van der Waals surface area contributed by atoms with E-state index in [0.29, 0.717) is 20.3 Å². The number of thioether (sulfide) groups is 1. The van der Waals surface area contributed by atoms with Gasteiger partial charge in [0.2, 0.25) is 11.0 Å². The first-order chi connectivity index (χ1) is 8.63. The van der Waals surface area contributed by atoms with Gasteiger partial charge in [0.25, 0.3) is 0 Å². The van der Waals surface area contributed by atoms with Gasteiger partial charge in [0.05, 0.1) is 10.8 Å². The fraction of sp³-hybridized carbons (Fsp3) is 0.111. The molecule has 1 amide bonds. The van der Waals surface area contributed by atoms with Crippen LogP contribution in [0.2, 0.25) is 5.02 Å². The standard InChI is InChI=1S/C9H8ClN5OS2/c10-5-1-2-6(12-3-5)13-7(16)4-17-9-15-14-8(11)18-9/h1-3H,4H2,(H2,11,14)(H,12,13,16). The van der Waals surface area contributed by atoms with Crippen molar-refractivity contribution in [3.8, 4) is 0 Å². The fourth-order valence-corrected chi connectivity index (χ4v) is 2.58. The molecule has 0 fully saturated rings. The average molecular weight is 302 g/mol. The quantitative estimate of drug-likeness (QED) is 0.838. The molecule has 0 saturated heterocycles. The summed E-state index contributed by atoms with van der Waals surface area (Å²) in [5, 5.41) is 11.0. The van der Waals surface area contributed by atoms with Gasteiger partial charge in [-0.2, -0.15) is 0 Å². The molecule has 0 aromatic carbocycles. The molecule has 0 radical (unpaired) electrons. The lowest BCUT2D eigenvalue weighted by atomic mass is 10.4. The molecular formula is C9H8ClN5OS2. The summed E-state index contributed by atoms with van der Waals surface area (Å²) in [6, 6.07) is 3.29. The largest absolute Gasteiger partial charge is 0.374 e. The molecule has 0 unspecified atom stereocenters. The molecule has 0 bridgehead atoms. The number of hydrogen-bond acceptors (Lipinski definition) is 7. The number of aromatic nitrogens is 3. The second-order valence-corrected chi connectivity index (χ2v) is 5.77. The number of hydrogen-bond donors (Lipinski definition) is 2. The molecule has 0 atom stereocenters. The molecule has 0 saturated carbocycles. The zero-order valence-electron chi connectivity index (χ0n) is 8.96. The van der Waals surface area contributed by atoms with Gasteiger partial charge in [-0.15, -0.1) is 10.2 Å². The molecule has 0 aliphatic carbocycles. The Hall–Kier alpha value is -1.38. The van der Waals surface area contributed by atoms with Gasteiger partial charge in [0.15, 0.2) is 4.34 Å². The molecule has 2 aromatic rings. The third-order valence-electron chi connectivity index (χ3n) is 1.74. The van der Waals surface area contributed by atoms with Crippen LogP contribution in [0, 0.1) is 0 Å². The maximum atomic E-state index is 11.6. The second-order valence-electron chi connectivity index (χ2n) is 3.10. The lowest BCUT2D eigenvalue weighted by molar-refractivity contribution is -0.113. The third-order valence-corrected chi connectivity index (χ3v) is 3.85. The zero-order chi connectivity index (χ0) is 13.0. The van der Waals surface area contributed by atoms with Crippen molar-refractivity contribution in [2.45, 2.75) is 4.34 Å². The zero-order valence-corrected chi connectivity index (χ0v) is 11.3. The molecular weight excluding hydrogens is 294 g/mol. The van der Waals surface area contributed by atoms with Gasteiger partial charge >= 0.3 is 0 Å². The first-order valence-electron chi connectivity index (χ1n) is 4.76. The SMILES string of the molecule is Nc1nnc(SCC(=O)Nc2ccc(Cl)cn2)s1. The third kappa shape index (κ3) is 3.83. The maximum absolute atomic E-state index is 11.6. The predicted octanol–water partition coefficient (Wildman–Crippen LogP) is 1.90. The van der Waals surface area contributed by atoms with Gasteiger partial charge in [-0.3, -0.25) is 4.79 Å². The number of nitrogen functional groups attached to an aromatic ring is 1. The van der Waals surface area contributed by atoms with Crippen molar-refractivity contribution in [2.75, 3.05) is 16.8 Å². The molecule has 6 nitrogen and oxygen atoms in total. The number of amides is 1. The summed E-state index contributed by atoms with van der Waals surface area (Å²) in [5.41, 5.74) is 5.43. The Morgan fingerprint density at radius 1 is 1.50 bits per heavy atom. The van der Waals surface area contributed by atoms with E-state index >= 15 is 0 Å². The highest BCUT2D eigenvalue weighted by Crippen LogP contribution is 2.23. The van der Waals surface area contributed by atoms with Crippen molar-refractivity contribution in [1.29, 1.82) is 0 Å². The Morgan fingerprint density at radius 2 is 2.33 bits per heavy atom. The van der Waals surface area contributed by atoms with Crippen LogP contribution in [0.4, 0.5) is 10.9 Å². The number of carbonyl (C=O) groups is 1. The van der Waals surface area contributed by atoms with Gasteiger partial charge in [0.1, 0.15) is 5.82 Å². The monoisotopic (exact) mass is 301 g/mol. The van der Waals surface area contributed by atoms with E-state index in [1.807, 2.05) is 0 Å². The highest BCUT2D eigenvalue weighted by atomic mass is 35.5. The molecule has 94 valence electrons. The number of carbonyl (C=O) groups excluding carboxylic acids is 1. The molecule has 2 rings (SSSR count). The number of nitrogens with zero attached hydrogens (tertiary/aromatic N) is 3. The van der Waals surface area contributed by atoms with Crippen LogP contribution >= 0.6 is 34.7 Å². The van der Waals surface area contributed by atoms with Gasteiger partial charge in [-0.1, -0.05) is 34.7 Å². The number of pyridine rings is 1. The number of nitrogens with two attached hydrogens (primary N) is 1. The predicted molar refractivity (Wildman–Crippen MR) is 72.9 cm³/mol. The van der Waals surface area contributed by atoms with Gasteiger partial charge in [0, 0.05) is 6.20 Å². The van der Waals surface area contributed by atoms with E-state index in [4.69, 9.17) is 17.3 Å². The van der Waals surface area contributed by atoms with Crippen LogP contribution in [-0.2, 0) is 4.79 Å². The van der Waals surface area contributed by atoms with E-state index in [9.17, 15) is 4.79 Å². The molecule has 0 aliphatic rings. The van der Waals surface area contributed by atoms with Crippen molar-refractivity contribution < 1.29 is 4.79 Å². The number of rotatable bonds is 4. The lowest BCUT2D eigenvalue weighted by Crippen LogP contribution is -2.14. The molecule has 0 aliphatic heterocycles. The van der Waals surface area contributed by atoms with Crippen molar-refractivity contribution in [1.82, 2.24) is 15.2 Å². The molecule has 3 N–H and O–H groups in total. The summed E-state index contributed by atoms with van der Waals surface area (Å²) in [7, 11) is 0. The minimum atomic E-state index is -0.177. The molecule has 0 spiro atoms. The van der Waals surface area contributed by atoms with Gasteiger partial charge in [-0.25, -0.2) is 4.98 Å². The van der Waals surface area contributed by atoms with Gasteiger partial charge < -0.3 is 11.1 Å². The van der Waals surface area contributed by atoms with Crippen LogP contribution in [0.3, 0.4) is 0 Å². The summed E-state index contributed by atoms with van der Waals surface area (Å²) in [4.78, 5) is 15.6. The van der Waals surface area contributed by atoms with Gasteiger partial charge in [-0.05, 0) is 12.1 Å². The Kier molecular flexibility index (Phi) is 4.34. The first kappa shape index (κ1) is 13.1. The maximum Gasteiger partial charge on any atom is 0.235 e. The highest BCUT2D eigenvalue weighted by Gasteiger charge is 2.07. The van der Waals surface area contributed by atoms with Crippen LogP contribution in [0.25, 0.3) is 0 Å². The Labute approximate surface area is 116 Å². The van der Waals surface area contributed by atoms with Crippen LogP contribution in [0.15, 0.2) is 22.7 Å². The summed E-state index contributed by atoms with van der Waals surface area (Å²) in [6.07, 6.45) is 1.47. The van der Waals surface area contributed by atoms with E-state index in [-0.39, 0.29) is 11.7 Å². The minimum Gasteiger partial charge on any atom is -0.374 e. The summed E-state index contributed by atoms with van der Waals surface area (Å²) >= 11 is 8.20. The molecule has 2 aromatic heterocycles. The van der Waals surface area contributed by atoms with E-state index < -0.39 is 0 Å². The smallest absolute Gasteiger partial charge is 0.235 e. The van der Waals surface area contributed by atoms with Crippen LogP contribution in [-0.4, -0.2) is 26.8 Å². The normalized spacial score (nSPS) is 10.3. The van der Waals surface area contributed by atoms with E-state index in [0.717, 1.165) is 0 Å². The van der Waals surface area contributed by atoms with E-state index in [1.54, 1.807) is 12.1 Å². The minimum absolute atomic E-state index is 0.177. The first-order valence-corrected chi connectivity index (χ1v) is 6.94. The van der Waals surface area contributed by atoms with Crippen molar-refractivity contribution >= 4 is 51.6 Å². The highest BCUT2D eigenvalue weighted by molar-refractivity contribution is 8.01. The van der Waals surface area contributed by atoms with Crippen molar-refractivity contribution in [3.63, 3.8) is 0 Å². The van der Waals surface area contributed by atoms with E-state index in [2.05, 4.69) is 20.5 Å². The van der Waals surface area contributed by atoms with Crippen molar-refractivity contribution in [2.24, 2.45) is 0 Å². The fourth-order valence-electron chi connectivity index (χ4n) is 1.03.